The van der Waals surface area contributed by atoms with Crippen LogP contribution in [0.25, 0.3) is 10.2 Å². The van der Waals surface area contributed by atoms with Crippen LogP contribution >= 0.6 is 23.1 Å². The highest BCUT2D eigenvalue weighted by Gasteiger charge is 2.23. The normalized spacial score (nSPS) is 13.7. The average molecular weight is 398 g/mol. The number of thioether (sulfide) groups is 1. The van der Waals surface area contributed by atoms with Gasteiger partial charge in [0.2, 0.25) is 5.91 Å². The van der Waals surface area contributed by atoms with Crippen LogP contribution in [0, 0.1) is 0 Å². The molecule has 1 aliphatic carbocycles. The summed E-state index contributed by atoms with van der Waals surface area (Å²) in [6.45, 7) is 4.10. The second-order valence-electron chi connectivity index (χ2n) is 7.05. The Kier molecular flexibility index (Phi) is 5.45. The molecule has 2 heterocycles. The number of anilines is 1. The lowest BCUT2D eigenvalue weighted by Gasteiger charge is -2.26. The monoisotopic (exact) mass is 397 g/mol. The molecule has 0 bridgehead atoms. The highest BCUT2D eigenvalue weighted by Crippen LogP contribution is 2.39. The van der Waals surface area contributed by atoms with Crippen molar-refractivity contribution >= 4 is 44.9 Å². The van der Waals surface area contributed by atoms with Gasteiger partial charge >= 0.3 is 0 Å². The fourth-order valence-electron chi connectivity index (χ4n) is 3.69. The Morgan fingerprint density at radius 1 is 1.19 bits per heavy atom. The van der Waals surface area contributed by atoms with E-state index in [1.807, 2.05) is 49.1 Å². The minimum absolute atomic E-state index is 0.108. The molecule has 140 valence electrons. The van der Waals surface area contributed by atoms with E-state index < -0.39 is 0 Å². The molecule has 2 aromatic heterocycles. The minimum Gasteiger partial charge on any atom is -0.309 e. The molecule has 1 aromatic carbocycles. The first-order chi connectivity index (χ1) is 13.1. The molecule has 3 aromatic rings. The number of para-hydroxylation sites is 1. The van der Waals surface area contributed by atoms with Crippen LogP contribution in [-0.4, -0.2) is 27.7 Å². The Labute approximate surface area is 168 Å². The standard InChI is InChI=1S/C21H23N3OS2/c1-14(2)24(15-8-4-3-5-9-15)18(25)12-26-20-19-16-10-6-7-11-17(16)27-21(19)23-13-22-20/h3-5,8-9,13-14H,6-7,10-12H2,1-2H3. The molecule has 0 saturated carbocycles. The molecule has 0 N–H and O–H groups in total. The van der Waals surface area contributed by atoms with Gasteiger partial charge in [-0.3, -0.25) is 4.79 Å². The van der Waals surface area contributed by atoms with Crippen LogP contribution in [0.1, 0.15) is 37.1 Å². The van der Waals surface area contributed by atoms with Crippen molar-refractivity contribution in [3.63, 3.8) is 0 Å². The van der Waals surface area contributed by atoms with Crippen molar-refractivity contribution in [2.45, 2.75) is 50.6 Å². The van der Waals surface area contributed by atoms with Gasteiger partial charge in [0.15, 0.2) is 0 Å². The van der Waals surface area contributed by atoms with Gasteiger partial charge in [-0.05, 0) is 57.2 Å². The molecule has 0 saturated heterocycles. The van der Waals surface area contributed by atoms with Gasteiger partial charge in [-0.25, -0.2) is 9.97 Å². The quantitative estimate of drug-likeness (QED) is 0.444. The second kappa shape index (κ2) is 7.98. The van der Waals surface area contributed by atoms with Crippen molar-refractivity contribution in [3.05, 3.63) is 47.1 Å². The van der Waals surface area contributed by atoms with Crippen molar-refractivity contribution in [2.24, 2.45) is 0 Å². The average Bonchev–Trinajstić information content (AvgIpc) is 3.06. The predicted molar refractivity (Wildman–Crippen MR) is 114 cm³/mol. The summed E-state index contributed by atoms with van der Waals surface area (Å²) in [6.07, 6.45) is 6.37. The van der Waals surface area contributed by atoms with E-state index in [0.29, 0.717) is 5.75 Å². The topological polar surface area (TPSA) is 46.1 Å². The smallest absolute Gasteiger partial charge is 0.237 e. The molecule has 0 spiro atoms. The summed E-state index contributed by atoms with van der Waals surface area (Å²) in [5.41, 5.74) is 2.36. The SMILES string of the molecule is CC(C)N(C(=O)CSc1ncnc2sc3c(c12)CCCC3)c1ccccc1. The number of hydrogen-bond acceptors (Lipinski definition) is 5. The number of thiophene rings is 1. The van der Waals surface area contributed by atoms with Gasteiger partial charge in [-0.15, -0.1) is 11.3 Å². The zero-order chi connectivity index (χ0) is 18.8. The first-order valence-electron chi connectivity index (χ1n) is 9.40. The molecule has 4 rings (SSSR count). The van der Waals surface area contributed by atoms with Crippen LogP contribution in [0.3, 0.4) is 0 Å². The molecule has 0 atom stereocenters. The molecular formula is C21H23N3OS2. The Morgan fingerprint density at radius 3 is 2.74 bits per heavy atom. The van der Waals surface area contributed by atoms with Crippen molar-refractivity contribution in [1.82, 2.24) is 9.97 Å². The number of fused-ring (bicyclic) bond motifs is 3. The lowest BCUT2D eigenvalue weighted by Crippen LogP contribution is -2.38. The van der Waals surface area contributed by atoms with E-state index in [2.05, 4.69) is 9.97 Å². The second-order valence-corrected chi connectivity index (χ2v) is 9.10. The number of carbonyl (C=O) groups excluding carboxylic acids is 1. The minimum atomic E-state index is 0.108. The fraction of sp³-hybridized carbons (Fsp3) is 0.381. The van der Waals surface area contributed by atoms with E-state index in [9.17, 15) is 4.79 Å². The molecule has 27 heavy (non-hydrogen) atoms. The van der Waals surface area contributed by atoms with E-state index in [1.165, 1.54) is 28.7 Å². The van der Waals surface area contributed by atoms with Crippen molar-refractivity contribution in [1.29, 1.82) is 0 Å². The third kappa shape index (κ3) is 3.73. The van der Waals surface area contributed by atoms with Crippen molar-refractivity contribution in [2.75, 3.05) is 10.7 Å². The fourth-order valence-corrected chi connectivity index (χ4v) is 5.87. The van der Waals surface area contributed by atoms with Crippen LogP contribution in [0.15, 0.2) is 41.7 Å². The van der Waals surface area contributed by atoms with Crippen LogP contribution in [0.5, 0.6) is 0 Å². The highest BCUT2D eigenvalue weighted by atomic mass is 32.2. The number of aryl methyl sites for hydroxylation is 2. The first kappa shape index (κ1) is 18.4. The van der Waals surface area contributed by atoms with E-state index in [-0.39, 0.29) is 11.9 Å². The largest absolute Gasteiger partial charge is 0.309 e. The zero-order valence-corrected chi connectivity index (χ0v) is 17.3. The maximum Gasteiger partial charge on any atom is 0.237 e. The third-order valence-corrected chi connectivity index (χ3v) is 7.04. The highest BCUT2D eigenvalue weighted by molar-refractivity contribution is 8.00. The summed E-state index contributed by atoms with van der Waals surface area (Å²) in [7, 11) is 0. The van der Waals surface area contributed by atoms with Crippen LogP contribution in [-0.2, 0) is 17.6 Å². The van der Waals surface area contributed by atoms with Crippen LogP contribution in [0.2, 0.25) is 0 Å². The maximum atomic E-state index is 13.0. The molecule has 0 aliphatic heterocycles. The number of rotatable bonds is 5. The number of carbonyl (C=O) groups is 1. The lowest BCUT2D eigenvalue weighted by atomic mass is 9.97. The predicted octanol–water partition coefficient (Wildman–Crippen LogP) is 5.10. The first-order valence-corrected chi connectivity index (χ1v) is 11.2. The maximum absolute atomic E-state index is 13.0. The molecule has 0 unspecified atom stereocenters. The molecular weight excluding hydrogens is 374 g/mol. The lowest BCUT2D eigenvalue weighted by molar-refractivity contribution is -0.116. The summed E-state index contributed by atoms with van der Waals surface area (Å²) in [5, 5.41) is 2.13. The Morgan fingerprint density at radius 2 is 1.96 bits per heavy atom. The molecule has 1 amide bonds. The molecule has 6 heteroatoms. The van der Waals surface area contributed by atoms with Gasteiger partial charge in [0.25, 0.3) is 0 Å². The van der Waals surface area contributed by atoms with Gasteiger partial charge in [0.05, 0.1) is 5.75 Å². The van der Waals surface area contributed by atoms with E-state index >= 15 is 0 Å². The number of hydrogen-bond donors (Lipinski definition) is 0. The number of benzene rings is 1. The van der Waals surface area contributed by atoms with E-state index in [1.54, 1.807) is 29.4 Å². The molecule has 0 fully saturated rings. The van der Waals surface area contributed by atoms with Crippen molar-refractivity contribution in [3.8, 4) is 0 Å². The summed E-state index contributed by atoms with van der Waals surface area (Å²) < 4.78 is 0. The Bertz CT molecular complexity index is 953. The summed E-state index contributed by atoms with van der Waals surface area (Å²) >= 11 is 3.34. The summed E-state index contributed by atoms with van der Waals surface area (Å²) in [5.74, 6) is 0.487. The summed E-state index contributed by atoms with van der Waals surface area (Å²) in [6, 6.07) is 9.99. The van der Waals surface area contributed by atoms with Gasteiger partial charge in [0.1, 0.15) is 16.2 Å². The zero-order valence-electron chi connectivity index (χ0n) is 15.6. The third-order valence-electron chi connectivity index (χ3n) is 4.87. The number of amides is 1. The molecule has 4 nitrogen and oxygen atoms in total. The molecule has 0 radical (unpaired) electrons. The van der Waals surface area contributed by atoms with Gasteiger partial charge in [0, 0.05) is 22.0 Å². The number of nitrogens with zero attached hydrogens (tertiary/aromatic N) is 3. The van der Waals surface area contributed by atoms with Gasteiger partial charge in [-0.1, -0.05) is 30.0 Å². The Balaban J connectivity index is 1.58. The van der Waals surface area contributed by atoms with Crippen molar-refractivity contribution < 1.29 is 4.79 Å². The van der Waals surface area contributed by atoms with Crippen LogP contribution in [0.4, 0.5) is 5.69 Å². The van der Waals surface area contributed by atoms with Gasteiger partial charge in [-0.2, -0.15) is 0 Å². The van der Waals surface area contributed by atoms with Gasteiger partial charge < -0.3 is 4.90 Å². The van der Waals surface area contributed by atoms with Crippen LogP contribution < -0.4 is 4.90 Å². The van der Waals surface area contributed by atoms with E-state index in [0.717, 1.165) is 28.4 Å². The molecule has 1 aliphatic rings. The number of aromatic nitrogens is 2. The van der Waals surface area contributed by atoms with E-state index in [4.69, 9.17) is 0 Å². The Hall–Kier alpha value is -1.92. The summed E-state index contributed by atoms with van der Waals surface area (Å²) in [4.78, 5) is 26.4.